The van der Waals surface area contributed by atoms with Crippen LogP contribution in [0.2, 0.25) is 0 Å². The van der Waals surface area contributed by atoms with E-state index in [0.717, 1.165) is 6.67 Å². The van der Waals surface area contributed by atoms with Crippen LogP contribution in [0, 0.1) is 0 Å². The lowest BCUT2D eigenvalue weighted by Gasteiger charge is -2.33. The van der Waals surface area contributed by atoms with Crippen LogP contribution in [-0.4, -0.2) is 6.67 Å². The van der Waals surface area contributed by atoms with Crippen LogP contribution in [0.25, 0.3) is 0 Å². The minimum atomic E-state index is 0.168. The Balaban J connectivity index is 1.80. The maximum absolute atomic E-state index is 2.71. The van der Waals surface area contributed by atoms with Crippen LogP contribution in [0.1, 0.15) is 125 Å². The lowest BCUT2D eigenvalue weighted by molar-refractivity contribution is 0.614. The first-order valence-corrected chi connectivity index (χ1v) is 15.6. The van der Waals surface area contributed by atoms with Gasteiger partial charge < -0.3 is 9.80 Å². The molecule has 4 aromatic carbocycles. The molecule has 0 radical (unpaired) electrons. The van der Waals surface area contributed by atoms with Gasteiger partial charge in [-0.1, -0.05) is 140 Å². The van der Waals surface area contributed by atoms with E-state index in [0.29, 0.717) is 23.7 Å². The van der Waals surface area contributed by atoms with Crippen LogP contribution >= 0.6 is 0 Å². The lowest BCUT2D eigenvalue weighted by Crippen LogP contribution is -2.28. The second kappa shape index (κ2) is 12.1. The molecule has 1 aliphatic heterocycles. The number of benzene rings is 4. The zero-order valence-electron chi connectivity index (χ0n) is 26.3. The molecule has 4 aromatic rings. The van der Waals surface area contributed by atoms with Gasteiger partial charge in [-0.2, -0.15) is 0 Å². The summed E-state index contributed by atoms with van der Waals surface area (Å²) in [5.41, 5.74) is 11.1. The highest BCUT2D eigenvalue weighted by Gasteiger charge is 2.43. The molecule has 0 aliphatic carbocycles. The highest BCUT2D eigenvalue weighted by Crippen LogP contribution is 2.51. The number of nitrogens with zero attached hydrogens (tertiary/aromatic N) is 2. The van der Waals surface area contributed by atoms with Gasteiger partial charge in [0.25, 0.3) is 0 Å². The Morgan fingerprint density at radius 1 is 0.463 bits per heavy atom. The second-order valence-corrected chi connectivity index (χ2v) is 13.0. The molecule has 1 fully saturated rings. The fraction of sp³-hybridized carbons (Fsp3) is 0.385. The van der Waals surface area contributed by atoms with Crippen LogP contribution < -0.4 is 9.80 Å². The zero-order chi connectivity index (χ0) is 29.3. The molecule has 0 unspecified atom stereocenters. The van der Waals surface area contributed by atoms with Gasteiger partial charge in [-0.3, -0.25) is 0 Å². The molecule has 41 heavy (non-hydrogen) atoms. The average Bonchev–Trinajstić information content (AvgIpc) is 3.37. The highest BCUT2D eigenvalue weighted by atomic mass is 15.4. The average molecular weight is 545 g/mol. The van der Waals surface area contributed by atoms with E-state index in [4.69, 9.17) is 0 Å². The van der Waals surface area contributed by atoms with Crippen LogP contribution in [-0.2, 0) is 0 Å². The topological polar surface area (TPSA) is 6.48 Å². The fourth-order valence-corrected chi connectivity index (χ4v) is 6.47. The molecule has 0 saturated carbocycles. The van der Waals surface area contributed by atoms with Crippen molar-refractivity contribution >= 4 is 11.4 Å². The number of rotatable bonds is 8. The molecule has 1 heterocycles. The summed E-state index contributed by atoms with van der Waals surface area (Å²) in [4.78, 5) is 5.42. The maximum atomic E-state index is 2.71. The molecular weight excluding hydrogens is 496 g/mol. The van der Waals surface area contributed by atoms with Gasteiger partial charge >= 0.3 is 0 Å². The molecule has 0 aromatic heterocycles. The summed E-state index contributed by atoms with van der Waals surface area (Å²) in [6.07, 6.45) is 0. The first-order valence-electron chi connectivity index (χ1n) is 15.6. The van der Waals surface area contributed by atoms with E-state index in [-0.39, 0.29) is 12.1 Å². The fourth-order valence-electron chi connectivity index (χ4n) is 6.47. The summed E-state index contributed by atoms with van der Waals surface area (Å²) < 4.78 is 0. The predicted molar refractivity (Wildman–Crippen MR) is 177 cm³/mol. The van der Waals surface area contributed by atoms with Crippen molar-refractivity contribution in [3.8, 4) is 0 Å². The molecule has 2 atom stereocenters. The smallest absolute Gasteiger partial charge is 0.0917 e. The Labute approximate surface area is 249 Å². The van der Waals surface area contributed by atoms with Crippen molar-refractivity contribution < 1.29 is 0 Å². The van der Waals surface area contributed by atoms with E-state index in [9.17, 15) is 0 Å². The quantitative estimate of drug-likeness (QED) is 0.218. The van der Waals surface area contributed by atoms with Gasteiger partial charge in [0, 0.05) is 11.4 Å². The van der Waals surface area contributed by atoms with Gasteiger partial charge in [-0.15, -0.1) is 0 Å². The van der Waals surface area contributed by atoms with Crippen molar-refractivity contribution in [1.82, 2.24) is 0 Å². The van der Waals surface area contributed by atoms with E-state index in [1.54, 1.807) is 0 Å². The third-order valence-corrected chi connectivity index (χ3v) is 8.86. The molecule has 0 N–H and O–H groups in total. The molecule has 1 saturated heterocycles. The monoisotopic (exact) mass is 544 g/mol. The molecule has 0 spiro atoms. The summed E-state index contributed by atoms with van der Waals surface area (Å²) >= 11 is 0. The first-order chi connectivity index (χ1) is 19.7. The van der Waals surface area contributed by atoms with Crippen LogP contribution in [0.3, 0.4) is 0 Å². The van der Waals surface area contributed by atoms with E-state index in [2.05, 4.69) is 162 Å². The van der Waals surface area contributed by atoms with E-state index >= 15 is 0 Å². The van der Waals surface area contributed by atoms with Gasteiger partial charge in [0.15, 0.2) is 0 Å². The lowest BCUT2D eigenvalue weighted by atomic mass is 9.89. The first kappa shape index (κ1) is 29.0. The minimum Gasteiger partial charge on any atom is -0.344 e. The third-order valence-electron chi connectivity index (χ3n) is 8.86. The molecule has 2 heteroatoms. The van der Waals surface area contributed by atoms with Crippen molar-refractivity contribution in [1.29, 1.82) is 0 Å². The molecule has 5 rings (SSSR count). The summed E-state index contributed by atoms with van der Waals surface area (Å²) in [7, 11) is 0. The SMILES string of the molecule is CC(C)c1ccc(C(C)C)c(N2CN(c3cc(C(C)C)ccc3C(C)C)[C@H](c3ccccc3)[C@H]2c2ccccc2)c1. The van der Waals surface area contributed by atoms with Gasteiger partial charge in [0.2, 0.25) is 0 Å². The van der Waals surface area contributed by atoms with E-state index in [1.807, 2.05) is 0 Å². The number of hydrogen-bond acceptors (Lipinski definition) is 2. The minimum absolute atomic E-state index is 0.168. The Bertz CT molecular complexity index is 1320. The molecule has 214 valence electrons. The molecular formula is C39H48N2. The number of anilines is 2. The van der Waals surface area contributed by atoms with Crippen LogP contribution in [0.5, 0.6) is 0 Å². The summed E-state index contributed by atoms with van der Waals surface area (Å²) in [5, 5.41) is 0. The standard InChI is InChI=1S/C39H48N2/c1-26(2)32-19-21-34(28(5)6)36(23-32)40-25-41(37-24-33(27(3)4)20-22-35(37)29(7)8)39(31-17-13-10-14-18-31)38(40)30-15-11-9-12-16-30/h9-24,26-29,38-39H,25H2,1-8H3/t38-,39-/m1/s1. The summed E-state index contributed by atoms with van der Waals surface area (Å²) in [5.74, 6) is 1.82. The highest BCUT2D eigenvalue weighted by molar-refractivity contribution is 5.67. The Morgan fingerprint density at radius 3 is 1.15 bits per heavy atom. The molecule has 1 aliphatic rings. The maximum Gasteiger partial charge on any atom is 0.0917 e. The summed E-state index contributed by atoms with van der Waals surface area (Å²) in [6.45, 7) is 19.4. The molecule has 0 bridgehead atoms. The Kier molecular flexibility index (Phi) is 8.59. The van der Waals surface area contributed by atoms with Crippen molar-refractivity contribution in [2.24, 2.45) is 0 Å². The van der Waals surface area contributed by atoms with Gasteiger partial charge in [-0.05, 0) is 69.2 Å². The van der Waals surface area contributed by atoms with Crippen molar-refractivity contribution in [2.45, 2.75) is 91.1 Å². The van der Waals surface area contributed by atoms with E-state index < -0.39 is 0 Å². The van der Waals surface area contributed by atoms with Gasteiger partial charge in [0.05, 0.1) is 18.8 Å². The molecule has 2 nitrogen and oxygen atoms in total. The molecule has 0 amide bonds. The van der Waals surface area contributed by atoms with Gasteiger partial charge in [0.1, 0.15) is 0 Å². The largest absolute Gasteiger partial charge is 0.344 e. The van der Waals surface area contributed by atoms with Crippen LogP contribution in [0.15, 0.2) is 97.1 Å². The normalized spacial score (nSPS) is 17.5. The van der Waals surface area contributed by atoms with Crippen molar-refractivity contribution in [3.05, 3.63) is 130 Å². The number of hydrogen-bond donors (Lipinski definition) is 0. The van der Waals surface area contributed by atoms with E-state index in [1.165, 1.54) is 44.8 Å². The summed E-state index contributed by atoms with van der Waals surface area (Å²) in [6, 6.07) is 37.1. The zero-order valence-corrected chi connectivity index (χ0v) is 26.3. The van der Waals surface area contributed by atoms with Gasteiger partial charge in [-0.25, -0.2) is 0 Å². The van der Waals surface area contributed by atoms with Crippen LogP contribution in [0.4, 0.5) is 11.4 Å². The predicted octanol–water partition coefficient (Wildman–Crippen LogP) is 10.9. The van der Waals surface area contributed by atoms with Crippen molar-refractivity contribution in [2.75, 3.05) is 16.5 Å². The second-order valence-electron chi connectivity index (χ2n) is 13.0. The Hall–Kier alpha value is -3.52. The van der Waals surface area contributed by atoms with Crippen molar-refractivity contribution in [3.63, 3.8) is 0 Å². The Morgan fingerprint density at radius 2 is 0.829 bits per heavy atom. The third kappa shape index (κ3) is 5.80.